The van der Waals surface area contributed by atoms with Gasteiger partial charge in [-0.25, -0.2) is 9.59 Å². The highest BCUT2D eigenvalue weighted by Crippen LogP contribution is 2.03. The van der Waals surface area contributed by atoms with Crippen molar-refractivity contribution in [2.75, 3.05) is 6.61 Å². The van der Waals surface area contributed by atoms with Gasteiger partial charge >= 0.3 is 17.9 Å². The molecular formula is C12H12O6. The lowest BCUT2D eigenvalue weighted by atomic mass is 10.2. The molecule has 1 N–H and O–H groups in total. The Hall–Kier alpha value is -2.37. The summed E-state index contributed by atoms with van der Waals surface area (Å²) in [6.07, 6.45) is -1.49. The summed E-state index contributed by atoms with van der Waals surface area (Å²) in [4.78, 5) is 32.9. The van der Waals surface area contributed by atoms with E-state index in [9.17, 15) is 14.4 Å². The molecule has 1 aromatic carbocycles. The monoisotopic (exact) mass is 252 g/mol. The van der Waals surface area contributed by atoms with Crippen LogP contribution in [0.4, 0.5) is 0 Å². The number of carboxylic acid groups (broad SMARTS) is 1. The SMILES string of the molecule is CC(=O)OC(COC(=O)c1ccccc1)C(=O)O. The van der Waals surface area contributed by atoms with Gasteiger partial charge in [0.15, 0.2) is 0 Å². The fourth-order valence-corrected chi connectivity index (χ4v) is 1.16. The van der Waals surface area contributed by atoms with Gasteiger partial charge in [0.05, 0.1) is 5.56 Å². The Balaban J connectivity index is 2.55. The van der Waals surface area contributed by atoms with Crippen molar-refractivity contribution >= 4 is 17.9 Å². The molecule has 0 aliphatic carbocycles. The first-order valence-electron chi connectivity index (χ1n) is 5.13. The second kappa shape index (κ2) is 6.39. The van der Waals surface area contributed by atoms with Crippen molar-refractivity contribution in [2.24, 2.45) is 0 Å². The predicted octanol–water partition coefficient (Wildman–Crippen LogP) is 0.860. The van der Waals surface area contributed by atoms with Crippen LogP contribution >= 0.6 is 0 Å². The van der Waals surface area contributed by atoms with Crippen molar-refractivity contribution in [3.8, 4) is 0 Å². The van der Waals surface area contributed by atoms with E-state index in [1.165, 1.54) is 12.1 Å². The average molecular weight is 252 g/mol. The quantitative estimate of drug-likeness (QED) is 0.781. The molecule has 0 heterocycles. The molecule has 0 aliphatic heterocycles. The normalized spacial score (nSPS) is 11.4. The van der Waals surface area contributed by atoms with Gasteiger partial charge < -0.3 is 14.6 Å². The molecule has 18 heavy (non-hydrogen) atoms. The van der Waals surface area contributed by atoms with Crippen LogP contribution in [-0.4, -0.2) is 35.7 Å². The van der Waals surface area contributed by atoms with Gasteiger partial charge in [0, 0.05) is 6.92 Å². The number of carbonyl (C=O) groups excluding carboxylic acids is 2. The van der Waals surface area contributed by atoms with E-state index >= 15 is 0 Å². The third kappa shape index (κ3) is 4.25. The standard InChI is InChI=1S/C12H12O6/c1-8(13)18-10(11(14)15)7-17-12(16)9-5-3-2-4-6-9/h2-6,10H,7H2,1H3,(H,14,15). The number of ether oxygens (including phenoxy) is 2. The van der Waals surface area contributed by atoms with Crippen LogP contribution in [0, 0.1) is 0 Å². The lowest BCUT2D eigenvalue weighted by molar-refractivity contribution is -0.165. The van der Waals surface area contributed by atoms with Crippen molar-refractivity contribution in [2.45, 2.75) is 13.0 Å². The van der Waals surface area contributed by atoms with Gasteiger partial charge in [-0.3, -0.25) is 4.79 Å². The van der Waals surface area contributed by atoms with Crippen molar-refractivity contribution in [1.29, 1.82) is 0 Å². The number of carbonyl (C=O) groups is 3. The lowest BCUT2D eigenvalue weighted by Gasteiger charge is -2.12. The molecule has 1 rings (SSSR count). The first-order valence-corrected chi connectivity index (χ1v) is 5.13. The van der Waals surface area contributed by atoms with Crippen molar-refractivity contribution in [3.05, 3.63) is 35.9 Å². The second-order valence-corrected chi connectivity index (χ2v) is 3.40. The van der Waals surface area contributed by atoms with Gasteiger partial charge in [-0.1, -0.05) is 18.2 Å². The fourth-order valence-electron chi connectivity index (χ4n) is 1.16. The first kappa shape index (κ1) is 13.7. The molecule has 0 saturated heterocycles. The van der Waals surface area contributed by atoms with Gasteiger partial charge in [-0.2, -0.15) is 0 Å². The van der Waals surface area contributed by atoms with E-state index in [0.717, 1.165) is 6.92 Å². The van der Waals surface area contributed by atoms with Crippen LogP contribution in [0.2, 0.25) is 0 Å². The Bertz CT molecular complexity index is 439. The van der Waals surface area contributed by atoms with Crippen molar-refractivity contribution < 1.29 is 29.0 Å². The maximum absolute atomic E-state index is 11.5. The molecule has 1 unspecified atom stereocenters. The molecule has 0 radical (unpaired) electrons. The molecule has 0 fully saturated rings. The molecule has 6 nitrogen and oxygen atoms in total. The summed E-state index contributed by atoms with van der Waals surface area (Å²) >= 11 is 0. The highest BCUT2D eigenvalue weighted by molar-refractivity contribution is 5.89. The summed E-state index contributed by atoms with van der Waals surface area (Å²) in [5.74, 6) is -2.79. The van der Waals surface area contributed by atoms with Crippen LogP contribution in [0.15, 0.2) is 30.3 Å². The molecule has 0 aliphatic rings. The first-order chi connectivity index (χ1) is 8.50. The van der Waals surface area contributed by atoms with E-state index in [2.05, 4.69) is 4.74 Å². The van der Waals surface area contributed by atoms with Gasteiger partial charge in [0.25, 0.3) is 0 Å². The Morgan fingerprint density at radius 1 is 1.22 bits per heavy atom. The number of aliphatic carboxylic acids is 1. The Morgan fingerprint density at radius 3 is 2.33 bits per heavy atom. The molecule has 96 valence electrons. The molecule has 0 saturated carbocycles. The molecule has 0 spiro atoms. The van der Waals surface area contributed by atoms with E-state index in [-0.39, 0.29) is 0 Å². The molecule has 0 bridgehead atoms. The molecule has 0 aromatic heterocycles. The highest BCUT2D eigenvalue weighted by Gasteiger charge is 2.23. The van der Waals surface area contributed by atoms with Gasteiger partial charge in [0.1, 0.15) is 6.61 Å². The number of rotatable bonds is 5. The predicted molar refractivity (Wildman–Crippen MR) is 59.9 cm³/mol. The molecule has 1 atom stereocenters. The average Bonchev–Trinajstić information content (AvgIpc) is 2.34. The van der Waals surface area contributed by atoms with Gasteiger partial charge in [0.2, 0.25) is 6.10 Å². The van der Waals surface area contributed by atoms with E-state index in [1.807, 2.05) is 0 Å². The van der Waals surface area contributed by atoms with E-state index in [0.29, 0.717) is 5.56 Å². The maximum Gasteiger partial charge on any atom is 0.348 e. The smallest absolute Gasteiger partial charge is 0.348 e. The number of benzene rings is 1. The van der Waals surface area contributed by atoms with E-state index < -0.39 is 30.6 Å². The largest absolute Gasteiger partial charge is 0.478 e. The third-order valence-corrected chi connectivity index (χ3v) is 1.96. The zero-order chi connectivity index (χ0) is 13.5. The minimum atomic E-state index is -1.49. The van der Waals surface area contributed by atoms with Crippen LogP contribution in [0.1, 0.15) is 17.3 Å². The van der Waals surface area contributed by atoms with Crippen LogP contribution in [0.25, 0.3) is 0 Å². The van der Waals surface area contributed by atoms with Gasteiger partial charge in [-0.15, -0.1) is 0 Å². The van der Waals surface area contributed by atoms with Crippen molar-refractivity contribution in [3.63, 3.8) is 0 Å². The van der Waals surface area contributed by atoms with E-state index in [1.54, 1.807) is 18.2 Å². The fraction of sp³-hybridized carbons (Fsp3) is 0.250. The highest BCUT2D eigenvalue weighted by atomic mass is 16.6. The number of carboxylic acids is 1. The summed E-state index contributed by atoms with van der Waals surface area (Å²) in [6.45, 7) is 0.553. The summed E-state index contributed by atoms with van der Waals surface area (Å²) in [5.41, 5.74) is 0.296. The van der Waals surface area contributed by atoms with Crippen LogP contribution in [-0.2, 0) is 19.1 Å². The summed E-state index contributed by atoms with van der Waals surface area (Å²) in [7, 11) is 0. The zero-order valence-electron chi connectivity index (χ0n) is 9.66. The Kier molecular flexibility index (Phi) is 4.86. The van der Waals surface area contributed by atoms with Crippen LogP contribution in [0.5, 0.6) is 0 Å². The Morgan fingerprint density at radius 2 is 1.83 bits per heavy atom. The van der Waals surface area contributed by atoms with Gasteiger partial charge in [-0.05, 0) is 12.1 Å². The lowest BCUT2D eigenvalue weighted by Crippen LogP contribution is -2.32. The van der Waals surface area contributed by atoms with E-state index in [4.69, 9.17) is 9.84 Å². The summed E-state index contributed by atoms with van der Waals surface area (Å²) in [6, 6.07) is 8.10. The molecule has 6 heteroatoms. The molecule has 0 amide bonds. The maximum atomic E-state index is 11.5. The van der Waals surface area contributed by atoms with Crippen molar-refractivity contribution in [1.82, 2.24) is 0 Å². The number of esters is 2. The third-order valence-electron chi connectivity index (χ3n) is 1.96. The minimum Gasteiger partial charge on any atom is -0.478 e. The zero-order valence-corrected chi connectivity index (χ0v) is 9.66. The number of hydrogen-bond donors (Lipinski definition) is 1. The molecule has 1 aromatic rings. The van der Waals surface area contributed by atoms with Crippen LogP contribution in [0.3, 0.4) is 0 Å². The number of hydrogen-bond acceptors (Lipinski definition) is 5. The summed E-state index contributed by atoms with van der Waals surface area (Å²) in [5, 5.41) is 8.74. The topological polar surface area (TPSA) is 89.9 Å². The van der Waals surface area contributed by atoms with Crippen LogP contribution < -0.4 is 0 Å². The Labute approximate surface area is 103 Å². The minimum absolute atomic E-state index is 0.296. The second-order valence-electron chi connectivity index (χ2n) is 3.40. The summed E-state index contributed by atoms with van der Waals surface area (Å²) < 4.78 is 9.24. The molecular weight excluding hydrogens is 240 g/mol.